The molecular weight excluding hydrogens is 164 g/mol. The number of carbonyl (C=O) groups excluding carboxylic acids is 1. The maximum absolute atomic E-state index is 10.8. The highest BCUT2D eigenvalue weighted by Gasteiger charge is 2.22. The summed E-state index contributed by atoms with van der Waals surface area (Å²) in [5.74, 6) is 0.625. The normalized spacial score (nSPS) is 20.8. The number of rotatable bonds is 4. The molecule has 2 nitrogen and oxygen atoms in total. The Kier molecular flexibility index (Phi) is 4.00. The number of unbranched alkanes of at least 4 members (excludes halogenated alkanes) is 1. The van der Waals surface area contributed by atoms with Crippen molar-refractivity contribution >= 4 is 5.97 Å². The monoisotopic (exact) mass is 182 g/mol. The molecule has 1 aliphatic carbocycles. The highest BCUT2D eigenvalue weighted by molar-refractivity contribution is 5.82. The van der Waals surface area contributed by atoms with E-state index in [1.54, 1.807) is 6.08 Å². The molecule has 0 heterocycles. The fourth-order valence-electron chi connectivity index (χ4n) is 1.72. The molecule has 1 rings (SSSR count). The van der Waals surface area contributed by atoms with Gasteiger partial charge < -0.3 is 4.74 Å². The number of hydrogen-bond acceptors (Lipinski definition) is 2. The lowest BCUT2D eigenvalue weighted by molar-refractivity contribution is -0.134. The molecule has 0 aromatic carbocycles. The van der Waals surface area contributed by atoms with Gasteiger partial charge >= 0.3 is 5.97 Å². The van der Waals surface area contributed by atoms with E-state index in [9.17, 15) is 4.79 Å². The van der Waals surface area contributed by atoms with Gasteiger partial charge in [0.25, 0.3) is 0 Å². The molecule has 0 aromatic heterocycles. The van der Waals surface area contributed by atoms with E-state index in [0.29, 0.717) is 0 Å². The third-order valence-corrected chi connectivity index (χ3v) is 2.59. The summed E-state index contributed by atoms with van der Waals surface area (Å²) < 4.78 is 4.56. The molecule has 0 unspecified atom stereocenters. The van der Waals surface area contributed by atoms with E-state index in [0.717, 1.165) is 18.8 Å². The summed E-state index contributed by atoms with van der Waals surface area (Å²) in [5.41, 5.74) is 1.26. The van der Waals surface area contributed by atoms with Crippen molar-refractivity contribution in [3.8, 4) is 0 Å². The second kappa shape index (κ2) is 5.05. The van der Waals surface area contributed by atoms with Crippen LogP contribution in [0.25, 0.3) is 0 Å². The Labute approximate surface area is 80.0 Å². The van der Waals surface area contributed by atoms with E-state index in [-0.39, 0.29) is 5.97 Å². The molecule has 0 amide bonds. The molecule has 13 heavy (non-hydrogen) atoms. The Morgan fingerprint density at radius 2 is 2.31 bits per heavy atom. The van der Waals surface area contributed by atoms with E-state index in [1.807, 2.05) is 0 Å². The molecule has 0 bridgehead atoms. The van der Waals surface area contributed by atoms with Gasteiger partial charge in [-0.2, -0.15) is 0 Å². The first-order valence-corrected chi connectivity index (χ1v) is 5.03. The second-order valence-electron chi connectivity index (χ2n) is 3.74. The van der Waals surface area contributed by atoms with E-state index in [1.165, 1.54) is 31.9 Å². The molecule has 0 aliphatic heterocycles. The van der Waals surface area contributed by atoms with Gasteiger partial charge in [-0.25, -0.2) is 4.79 Å². The van der Waals surface area contributed by atoms with Crippen LogP contribution < -0.4 is 0 Å². The van der Waals surface area contributed by atoms with Crippen LogP contribution in [0, 0.1) is 5.92 Å². The Balaban J connectivity index is 2.17. The predicted octanol–water partition coefficient (Wildman–Crippen LogP) is 2.69. The molecule has 1 aliphatic rings. The van der Waals surface area contributed by atoms with Crippen molar-refractivity contribution < 1.29 is 9.53 Å². The highest BCUT2D eigenvalue weighted by atomic mass is 16.5. The lowest BCUT2D eigenvalue weighted by Gasteiger charge is -2.28. The summed E-state index contributed by atoms with van der Waals surface area (Å²) in [6.45, 7) is 2.21. The van der Waals surface area contributed by atoms with Crippen LogP contribution in [0.2, 0.25) is 0 Å². The van der Waals surface area contributed by atoms with E-state index >= 15 is 0 Å². The van der Waals surface area contributed by atoms with Crippen molar-refractivity contribution in [3.63, 3.8) is 0 Å². The fourth-order valence-corrected chi connectivity index (χ4v) is 1.72. The molecule has 0 aromatic rings. The zero-order valence-corrected chi connectivity index (χ0v) is 8.51. The maximum atomic E-state index is 10.8. The molecule has 0 atom stereocenters. The van der Waals surface area contributed by atoms with Gasteiger partial charge in [0.1, 0.15) is 0 Å². The molecule has 0 saturated heterocycles. The first kappa shape index (κ1) is 10.3. The molecule has 1 fully saturated rings. The lowest BCUT2D eigenvalue weighted by atomic mass is 9.77. The predicted molar refractivity (Wildman–Crippen MR) is 52.3 cm³/mol. The van der Waals surface area contributed by atoms with Crippen LogP contribution in [-0.2, 0) is 9.53 Å². The summed E-state index contributed by atoms with van der Waals surface area (Å²) in [6, 6.07) is 0. The molecule has 1 saturated carbocycles. The van der Waals surface area contributed by atoms with Crippen LogP contribution >= 0.6 is 0 Å². The number of allylic oxidation sites excluding steroid dienone is 1. The van der Waals surface area contributed by atoms with Gasteiger partial charge in [0.2, 0.25) is 0 Å². The average molecular weight is 182 g/mol. The molecular formula is C11H18O2. The second-order valence-corrected chi connectivity index (χ2v) is 3.74. The van der Waals surface area contributed by atoms with Gasteiger partial charge in [0.15, 0.2) is 0 Å². The molecule has 0 spiro atoms. The molecule has 2 heteroatoms. The minimum atomic E-state index is -0.205. The van der Waals surface area contributed by atoms with Crippen molar-refractivity contribution in [3.05, 3.63) is 11.6 Å². The van der Waals surface area contributed by atoms with Crippen molar-refractivity contribution in [2.75, 3.05) is 7.11 Å². The van der Waals surface area contributed by atoms with Crippen molar-refractivity contribution in [2.24, 2.45) is 5.92 Å². The number of hydrogen-bond donors (Lipinski definition) is 0. The maximum Gasteiger partial charge on any atom is 0.330 e. The van der Waals surface area contributed by atoms with Crippen LogP contribution in [-0.4, -0.2) is 13.1 Å². The lowest BCUT2D eigenvalue weighted by Crippen LogP contribution is -2.16. The third kappa shape index (κ3) is 3.21. The molecule has 0 N–H and O–H groups in total. The number of carbonyl (C=O) groups is 1. The minimum absolute atomic E-state index is 0.205. The van der Waals surface area contributed by atoms with Gasteiger partial charge in [-0.1, -0.05) is 25.3 Å². The van der Waals surface area contributed by atoms with Crippen LogP contribution in [0.3, 0.4) is 0 Å². The van der Waals surface area contributed by atoms with Gasteiger partial charge in [-0.05, 0) is 25.2 Å². The summed E-state index contributed by atoms with van der Waals surface area (Å²) in [5, 5.41) is 0. The minimum Gasteiger partial charge on any atom is -0.466 e. The Bertz CT molecular complexity index is 198. The van der Waals surface area contributed by atoms with E-state index in [2.05, 4.69) is 11.7 Å². The summed E-state index contributed by atoms with van der Waals surface area (Å²) >= 11 is 0. The zero-order chi connectivity index (χ0) is 9.68. The van der Waals surface area contributed by atoms with E-state index < -0.39 is 0 Å². The van der Waals surface area contributed by atoms with Gasteiger partial charge in [-0.15, -0.1) is 0 Å². The highest BCUT2D eigenvalue weighted by Crippen LogP contribution is 2.36. The number of esters is 1. The summed E-state index contributed by atoms with van der Waals surface area (Å²) in [6.07, 6.45) is 7.75. The zero-order valence-electron chi connectivity index (χ0n) is 8.51. The SMILES string of the molecule is CCCCC1CC(=CC(=O)OC)C1. The Morgan fingerprint density at radius 1 is 1.62 bits per heavy atom. The van der Waals surface area contributed by atoms with Gasteiger partial charge in [0.05, 0.1) is 7.11 Å². The Morgan fingerprint density at radius 3 is 2.85 bits per heavy atom. The summed E-state index contributed by atoms with van der Waals surface area (Å²) in [4.78, 5) is 10.8. The van der Waals surface area contributed by atoms with E-state index in [4.69, 9.17) is 0 Å². The van der Waals surface area contributed by atoms with Crippen molar-refractivity contribution in [2.45, 2.75) is 39.0 Å². The third-order valence-electron chi connectivity index (χ3n) is 2.59. The Hall–Kier alpha value is -0.790. The van der Waals surface area contributed by atoms with Crippen LogP contribution in [0.4, 0.5) is 0 Å². The number of methoxy groups -OCH3 is 1. The van der Waals surface area contributed by atoms with Crippen LogP contribution in [0.1, 0.15) is 39.0 Å². The smallest absolute Gasteiger partial charge is 0.330 e. The topological polar surface area (TPSA) is 26.3 Å². The molecule has 74 valence electrons. The van der Waals surface area contributed by atoms with Crippen LogP contribution in [0.15, 0.2) is 11.6 Å². The first-order valence-electron chi connectivity index (χ1n) is 5.03. The van der Waals surface area contributed by atoms with Crippen molar-refractivity contribution in [1.29, 1.82) is 0 Å². The molecule has 0 radical (unpaired) electrons. The summed E-state index contributed by atoms with van der Waals surface area (Å²) in [7, 11) is 1.42. The fraction of sp³-hybridized carbons (Fsp3) is 0.727. The van der Waals surface area contributed by atoms with Crippen molar-refractivity contribution in [1.82, 2.24) is 0 Å². The standard InChI is InChI=1S/C11H18O2/c1-3-4-5-9-6-10(7-9)8-11(12)13-2/h8-9H,3-7H2,1-2H3. The van der Waals surface area contributed by atoms with Crippen LogP contribution in [0.5, 0.6) is 0 Å². The quantitative estimate of drug-likeness (QED) is 0.493. The first-order chi connectivity index (χ1) is 6.26. The number of ether oxygens (including phenoxy) is 1. The largest absolute Gasteiger partial charge is 0.466 e. The van der Waals surface area contributed by atoms with Gasteiger partial charge in [-0.3, -0.25) is 0 Å². The van der Waals surface area contributed by atoms with Gasteiger partial charge in [0, 0.05) is 6.08 Å². The average Bonchev–Trinajstić information content (AvgIpc) is 2.08.